The van der Waals surface area contributed by atoms with E-state index in [1.165, 1.54) is 0 Å². The van der Waals surface area contributed by atoms with Crippen molar-refractivity contribution in [3.63, 3.8) is 0 Å². The van der Waals surface area contributed by atoms with Crippen LogP contribution in [0.25, 0.3) is 0 Å². The third-order valence-electron chi connectivity index (χ3n) is 1.87. The van der Waals surface area contributed by atoms with Crippen LogP contribution in [0, 0.1) is 5.92 Å². The lowest BCUT2D eigenvalue weighted by Crippen LogP contribution is -1.99. The lowest BCUT2D eigenvalue weighted by Gasteiger charge is -2.13. The van der Waals surface area contributed by atoms with Gasteiger partial charge in [-0.25, -0.2) is 4.39 Å². The van der Waals surface area contributed by atoms with Crippen molar-refractivity contribution in [1.29, 1.82) is 0 Å². The summed E-state index contributed by atoms with van der Waals surface area (Å²) in [5.41, 5.74) is 0.887. The van der Waals surface area contributed by atoms with Gasteiger partial charge in [0.05, 0.1) is 0 Å². The van der Waals surface area contributed by atoms with Crippen LogP contribution < -0.4 is 0 Å². The van der Waals surface area contributed by atoms with E-state index in [9.17, 15) is 4.39 Å². The van der Waals surface area contributed by atoms with Gasteiger partial charge in [-0.2, -0.15) is 0 Å². The van der Waals surface area contributed by atoms with Crippen LogP contribution in [0.4, 0.5) is 4.39 Å². The maximum absolute atomic E-state index is 12.6. The van der Waals surface area contributed by atoms with Crippen molar-refractivity contribution in [2.45, 2.75) is 20.3 Å². The Hall–Kier alpha value is -0.590. The fourth-order valence-corrected chi connectivity index (χ4v) is 0.919. The predicted octanol–water partition coefficient (Wildman–Crippen LogP) is 2.83. The molecule has 9 heavy (non-hydrogen) atoms. The number of halogens is 1. The molecule has 0 aromatic rings. The largest absolute Gasteiger partial charge is 0.207 e. The van der Waals surface area contributed by atoms with Gasteiger partial charge in [0.1, 0.15) is 5.83 Å². The van der Waals surface area contributed by atoms with Gasteiger partial charge in [-0.3, -0.25) is 0 Å². The fraction of sp³-hybridized carbons (Fsp3) is 0.500. The van der Waals surface area contributed by atoms with E-state index >= 15 is 0 Å². The number of rotatable bonds is 0. The lowest BCUT2D eigenvalue weighted by molar-refractivity contribution is 0.584. The maximum atomic E-state index is 12.6. The van der Waals surface area contributed by atoms with Crippen molar-refractivity contribution in [2.75, 3.05) is 0 Å². The highest BCUT2D eigenvalue weighted by atomic mass is 19.1. The zero-order valence-corrected chi connectivity index (χ0v) is 5.82. The van der Waals surface area contributed by atoms with E-state index in [4.69, 9.17) is 0 Å². The van der Waals surface area contributed by atoms with Crippen molar-refractivity contribution in [3.8, 4) is 0 Å². The highest BCUT2D eigenvalue weighted by molar-refractivity contribution is 5.24. The summed E-state index contributed by atoms with van der Waals surface area (Å²) >= 11 is 0. The van der Waals surface area contributed by atoms with Gasteiger partial charge < -0.3 is 0 Å². The molecule has 0 aromatic carbocycles. The van der Waals surface area contributed by atoms with Crippen molar-refractivity contribution in [1.82, 2.24) is 0 Å². The third-order valence-corrected chi connectivity index (χ3v) is 1.87. The Morgan fingerprint density at radius 2 is 2.33 bits per heavy atom. The molecule has 0 spiro atoms. The first-order valence-electron chi connectivity index (χ1n) is 3.24. The zero-order valence-electron chi connectivity index (χ0n) is 5.82. The van der Waals surface area contributed by atoms with E-state index in [-0.39, 0.29) is 5.83 Å². The SMILES string of the molecule is CC1=C(F)C=CCC1C. The molecule has 1 unspecified atom stereocenters. The molecule has 0 aromatic heterocycles. The van der Waals surface area contributed by atoms with Crippen molar-refractivity contribution in [2.24, 2.45) is 5.92 Å². The first-order valence-corrected chi connectivity index (χ1v) is 3.24. The first kappa shape index (κ1) is 6.53. The second-order valence-electron chi connectivity index (χ2n) is 2.57. The average Bonchev–Trinajstić information content (AvgIpc) is 1.83. The number of hydrogen-bond donors (Lipinski definition) is 0. The van der Waals surface area contributed by atoms with E-state index in [1.54, 1.807) is 6.08 Å². The maximum Gasteiger partial charge on any atom is 0.122 e. The van der Waals surface area contributed by atoms with Gasteiger partial charge in [-0.1, -0.05) is 13.0 Å². The van der Waals surface area contributed by atoms with Crippen molar-refractivity contribution >= 4 is 0 Å². The Morgan fingerprint density at radius 3 is 2.78 bits per heavy atom. The minimum Gasteiger partial charge on any atom is -0.207 e. The molecule has 0 fully saturated rings. The van der Waals surface area contributed by atoms with E-state index in [1.807, 2.05) is 19.9 Å². The van der Waals surface area contributed by atoms with Crippen LogP contribution in [0.2, 0.25) is 0 Å². The first-order chi connectivity index (χ1) is 4.22. The molecule has 1 rings (SSSR count). The molecule has 1 atom stereocenters. The van der Waals surface area contributed by atoms with Gasteiger partial charge >= 0.3 is 0 Å². The van der Waals surface area contributed by atoms with Gasteiger partial charge in [0.2, 0.25) is 0 Å². The minimum absolute atomic E-state index is 0.0475. The summed E-state index contributed by atoms with van der Waals surface area (Å²) in [5.74, 6) is 0.351. The van der Waals surface area contributed by atoms with Crippen LogP contribution in [0.15, 0.2) is 23.6 Å². The quantitative estimate of drug-likeness (QED) is 0.468. The molecule has 0 heterocycles. The highest BCUT2D eigenvalue weighted by Gasteiger charge is 2.10. The summed E-state index contributed by atoms with van der Waals surface area (Å²) in [6, 6.07) is 0. The van der Waals surface area contributed by atoms with Crippen LogP contribution >= 0.6 is 0 Å². The molecular weight excluding hydrogens is 115 g/mol. The van der Waals surface area contributed by atoms with Gasteiger partial charge in [-0.05, 0) is 30.9 Å². The van der Waals surface area contributed by atoms with Gasteiger partial charge in [-0.15, -0.1) is 0 Å². The Balaban J connectivity index is 2.83. The second kappa shape index (κ2) is 2.34. The molecule has 0 radical (unpaired) electrons. The lowest BCUT2D eigenvalue weighted by atomic mass is 9.94. The van der Waals surface area contributed by atoms with Crippen LogP contribution in [0.1, 0.15) is 20.3 Å². The Labute approximate surface area is 55.1 Å². The average molecular weight is 126 g/mol. The van der Waals surface area contributed by atoms with Crippen LogP contribution in [0.3, 0.4) is 0 Å². The van der Waals surface area contributed by atoms with Crippen molar-refractivity contribution in [3.05, 3.63) is 23.6 Å². The molecule has 1 aliphatic rings. The number of allylic oxidation sites excluding steroid dienone is 4. The Kier molecular flexibility index (Phi) is 1.70. The van der Waals surface area contributed by atoms with E-state index in [0.717, 1.165) is 12.0 Å². The molecule has 0 aliphatic heterocycles. The molecule has 50 valence electrons. The highest BCUT2D eigenvalue weighted by Crippen LogP contribution is 2.24. The molecule has 0 bridgehead atoms. The van der Waals surface area contributed by atoms with Crippen molar-refractivity contribution < 1.29 is 4.39 Å². The van der Waals surface area contributed by atoms with Crippen LogP contribution in [-0.2, 0) is 0 Å². The summed E-state index contributed by atoms with van der Waals surface area (Å²) < 4.78 is 12.6. The topological polar surface area (TPSA) is 0 Å². The summed E-state index contributed by atoms with van der Waals surface area (Å²) in [7, 11) is 0. The Morgan fingerprint density at radius 1 is 1.67 bits per heavy atom. The molecule has 0 saturated carbocycles. The minimum atomic E-state index is -0.0475. The van der Waals surface area contributed by atoms with Gasteiger partial charge in [0.15, 0.2) is 0 Å². The van der Waals surface area contributed by atoms with Crippen LogP contribution in [-0.4, -0.2) is 0 Å². The van der Waals surface area contributed by atoms with Crippen LogP contribution in [0.5, 0.6) is 0 Å². The number of hydrogen-bond acceptors (Lipinski definition) is 0. The van der Waals surface area contributed by atoms with E-state index < -0.39 is 0 Å². The summed E-state index contributed by atoms with van der Waals surface area (Å²) in [5, 5.41) is 0. The molecule has 1 aliphatic carbocycles. The summed E-state index contributed by atoms with van der Waals surface area (Å²) in [4.78, 5) is 0. The smallest absolute Gasteiger partial charge is 0.122 e. The van der Waals surface area contributed by atoms with Gasteiger partial charge in [0, 0.05) is 0 Å². The summed E-state index contributed by atoms with van der Waals surface area (Å²) in [6.07, 6.45) is 4.42. The molecule has 0 nitrogen and oxygen atoms in total. The normalized spacial score (nSPS) is 27.2. The molecule has 1 heteroatoms. The second-order valence-corrected chi connectivity index (χ2v) is 2.57. The van der Waals surface area contributed by atoms with Gasteiger partial charge in [0.25, 0.3) is 0 Å². The summed E-state index contributed by atoms with van der Waals surface area (Å²) in [6.45, 7) is 3.89. The Bertz CT molecular complexity index is 165. The molecule has 0 N–H and O–H groups in total. The molecule has 0 saturated heterocycles. The standard InChI is InChI=1S/C8H11F/c1-6-4-3-5-8(9)7(6)2/h3,5-6H,4H2,1-2H3. The van der Waals surface area contributed by atoms with E-state index in [0.29, 0.717) is 5.92 Å². The monoisotopic (exact) mass is 126 g/mol. The zero-order chi connectivity index (χ0) is 6.85. The molecular formula is C8H11F. The fourth-order valence-electron chi connectivity index (χ4n) is 0.919. The molecule has 0 amide bonds. The third kappa shape index (κ3) is 1.21. The predicted molar refractivity (Wildman–Crippen MR) is 36.7 cm³/mol. The van der Waals surface area contributed by atoms with E-state index in [2.05, 4.69) is 0 Å².